The first-order chi connectivity index (χ1) is 7.15. The van der Waals surface area contributed by atoms with E-state index in [1.165, 1.54) is 0 Å². The van der Waals surface area contributed by atoms with E-state index in [-0.39, 0.29) is 11.7 Å². The molecular weight excluding hydrogens is 210 g/mol. The molecule has 1 unspecified atom stereocenters. The maximum Gasteiger partial charge on any atom is 0.244 e. The summed E-state index contributed by atoms with van der Waals surface area (Å²) in [6.45, 7) is 1.71. The van der Waals surface area contributed by atoms with Crippen molar-refractivity contribution in [3.8, 4) is 0 Å². The molecule has 0 aliphatic rings. The zero-order valence-electron chi connectivity index (χ0n) is 8.43. The topological polar surface area (TPSA) is 46.2 Å². The molecule has 1 aromatic rings. The second-order valence-corrected chi connectivity index (χ2v) is 3.59. The molecule has 0 heterocycles. The van der Waals surface area contributed by atoms with Crippen molar-refractivity contribution in [2.24, 2.45) is 0 Å². The first kappa shape index (κ1) is 11.8. The van der Waals surface area contributed by atoms with E-state index in [9.17, 15) is 9.59 Å². The third kappa shape index (κ3) is 3.40. The first-order valence-electron chi connectivity index (χ1n) is 4.72. The van der Waals surface area contributed by atoms with Gasteiger partial charge < -0.3 is 5.32 Å². The van der Waals surface area contributed by atoms with Crippen molar-refractivity contribution >= 4 is 30.0 Å². The molecular formula is C11H13NO2S. The molecule has 1 N–H and O–H groups in total. The Morgan fingerprint density at radius 2 is 1.93 bits per heavy atom. The van der Waals surface area contributed by atoms with Gasteiger partial charge in [0.15, 0.2) is 5.78 Å². The molecule has 0 aliphatic heterocycles. The van der Waals surface area contributed by atoms with Gasteiger partial charge in [0.2, 0.25) is 5.91 Å². The number of rotatable bonds is 4. The van der Waals surface area contributed by atoms with Gasteiger partial charge in [-0.1, -0.05) is 25.1 Å². The van der Waals surface area contributed by atoms with Crippen LogP contribution in [-0.2, 0) is 9.59 Å². The predicted octanol–water partition coefficient (Wildman–Crippen LogP) is 1.90. The number of ketones is 1. The Kier molecular flexibility index (Phi) is 4.37. The number of carbonyl (C=O) groups excluding carboxylic acids is 2. The van der Waals surface area contributed by atoms with Crippen molar-refractivity contribution in [3.05, 3.63) is 30.3 Å². The Bertz CT molecular complexity index is 351. The van der Waals surface area contributed by atoms with E-state index >= 15 is 0 Å². The quantitative estimate of drug-likeness (QED) is 0.605. The molecule has 4 heteroatoms. The summed E-state index contributed by atoms with van der Waals surface area (Å²) >= 11 is 3.97. The zero-order valence-corrected chi connectivity index (χ0v) is 9.33. The Hall–Kier alpha value is -1.29. The molecule has 0 spiro atoms. The van der Waals surface area contributed by atoms with E-state index in [0.29, 0.717) is 12.1 Å². The van der Waals surface area contributed by atoms with E-state index in [2.05, 4.69) is 17.9 Å². The minimum atomic E-state index is -0.879. The molecule has 1 aromatic carbocycles. The van der Waals surface area contributed by atoms with Crippen molar-refractivity contribution in [1.29, 1.82) is 0 Å². The average molecular weight is 223 g/mol. The van der Waals surface area contributed by atoms with Gasteiger partial charge in [-0.2, -0.15) is 12.6 Å². The lowest BCUT2D eigenvalue weighted by atomic mass is 10.2. The maximum absolute atomic E-state index is 11.5. The Morgan fingerprint density at radius 3 is 2.47 bits per heavy atom. The third-order valence-corrected chi connectivity index (χ3v) is 2.47. The number of Topliss-reactive ketones (excluding diaryl/α,β-unsaturated/α-hetero) is 1. The average Bonchev–Trinajstić information content (AvgIpc) is 2.28. The fourth-order valence-electron chi connectivity index (χ4n) is 1.07. The molecule has 1 rings (SSSR count). The van der Waals surface area contributed by atoms with Crippen LogP contribution in [-0.4, -0.2) is 16.9 Å². The van der Waals surface area contributed by atoms with Crippen LogP contribution in [0.2, 0.25) is 0 Å². The van der Waals surface area contributed by atoms with Crippen LogP contribution in [0.25, 0.3) is 0 Å². The minimum absolute atomic E-state index is 0.174. The van der Waals surface area contributed by atoms with Crippen LogP contribution >= 0.6 is 12.6 Å². The lowest BCUT2D eigenvalue weighted by Gasteiger charge is -2.09. The minimum Gasteiger partial charge on any atom is -0.325 e. The predicted molar refractivity (Wildman–Crippen MR) is 63.1 cm³/mol. The second-order valence-electron chi connectivity index (χ2n) is 3.08. The smallest absolute Gasteiger partial charge is 0.244 e. The lowest BCUT2D eigenvalue weighted by molar-refractivity contribution is -0.124. The van der Waals surface area contributed by atoms with Gasteiger partial charge in [0.1, 0.15) is 5.25 Å². The molecule has 0 fully saturated rings. The van der Waals surface area contributed by atoms with E-state index in [4.69, 9.17) is 0 Å². The Balaban J connectivity index is 2.60. The van der Waals surface area contributed by atoms with Crippen LogP contribution in [0.4, 0.5) is 5.69 Å². The number of amides is 1. The molecule has 0 saturated heterocycles. The van der Waals surface area contributed by atoms with Gasteiger partial charge in [-0.05, 0) is 12.1 Å². The van der Waals surface area contributed by atoms with Crippen molar-refractivity contribution < 1.29 is 9.59 Å². The molecule has 80 valence electrons. The molecule has 1 atom stereocenters. The van der Waals surface area contributed by atoms with Crippen LogP contribution < -0.4 is 5.32 Å². The van der Waals surface area contributed by atoms with Gasteiger partial charge in [0.25, 0.3) is 0 Å². The lowest BCUT2D eigenvalue weighted by Crippen LogP contribution is -2.30. The number of anilines is 1. The van der Waals surface area contributed by atoms with E-state index in [0.717, 1.165) is 0 Å². The SMILES string of the molecule is CCC(=O)C(S)C(=O)Nc1ccccc1. The number of carbonyl (C=O) groups is 2. The molecule has 0 aromatic heterocycles. The molecule has 0 saturated carbocycles. The summed E-state index contributed by atoms with van der Waals surface area (Å²) in [5.74, 6) is -0.553. The van der Waals surface area contributed by atoms with Crippen LogP contribution in [0.1, 0.15) is 13.3 Å². The molecule has 0 aliphatic carbocycles. The first-order valence-corrected chi connectivity index (χ1v) is 5.23. The summed E-state index contributed by atoms with van der Waals surface area (Å²) in [5.41, 5.74) is 0.672. The molecule has 0 radical (unpaired) electrons. The highest BCUT2D eigenvalue weighted by molar-refractivity contribution is 7.82. The number of thiol groups is 1. The highest BCUT2D eigenvalue weighted by Crippen LogP contribution is 2.08. The molecule has 1 amide bonds. The highest BCUT2D eigenvalue weighted by atomic mass is 32.1. The van der Waals surface area contributed by atoms with Gasteiger partial charge in [-0.15, -0.1) is 0 Å². The second kappa shape index (κ2) is 5.56. The highest BCUT2D eigenvalue weighted by Gasteiger charge is 2.20. The van der Waals surface area contributed by atoms with Crippen molar-refractivity contribution in [2.45, 2.75) is 18.6 Å². The summed E-state index contributed by atoms with van der Waals surface area (Å²) < 4.78 is 0. The zero-order chi connectivity index (χ0) is 11.3. The van der Waals surface area contributed by atoms with Crippen LogP contribution in [0, 0.1) is 0 Å². The third-order valence-electron chi connectivity index (χ3n) is 1.94. The molecule has 3 nitrogen and oxygen atoms in total. The van der Waals surface area contributed by atoms with Gasteiger partial charge in [0, 0.05) is 12.1 Å². The monoisotopic (exact) mass is 223 g/mol. The van der Waals surface area contributed by atoms with Gasteiger partial charge in [0.05, 0.1) is 0 Å². The van der Waals surface area contributed by atoms with Crippen molar-refractivity contribution in [3.63, 3.8) is 0 Å². The van der Waals surface area contributed by atoms with Gasteiger partial charge in [-0.3, -0.25) is 9.59 Å². The summed E-state index contributed by atoms with van der Waals surface area (Å²) in [7, 11) is 0. The largest absolute Gasteiger partial charge is 0.325 e. The van der Waals surface area contributed by atoms with Crippen LogP contribution in [0.3, 0.4) is 0 Å². The summed E-state index contributed by atoms with van der Waals surface area (Å²) in [5, 5.41) is 1.74. The summed E-state index contributed by atoms with van der Waals surface area (Å²) in [6.07, 6.45) is 0.316. The molecule has 15 heavy (non-hydrogen) atoms. The number of benzene rings is 1. The fraction of sp³-hybridized carbons (Fsp3) is 0.273. The maximum atomic E-state index is 11.5. The van der Waals surface area contributed by atoms with E-state index in [1.807, 2.05) is 18.2 Å². The Labute approximate surface area is 94.3 Å². The van der Waals surface area contributed by atoms with Crippen molar-refractivity contribution in [2.75, 3.05) is 5.32 Å². The van der Waals surface area contributed by atoms with E-state index < -0.39 is 5.25 Å². The normalized spacial score (nSPS) is 11.9. The van der Waals surface area contributed by atoms with Crippen LogP contribution in [0.15, 0.2) is 30.3 Å². The Morgan fingerprint density at radius 1 is 1.33 bits per heavy atom. The summed E-state index contributed by atoms with van der Waals surface area (Å²) in [6, 6.07) is 8.99. The van der Waals surface area contributed by atoms with Crippen LogP contribution in [0.5, 0.6) is 0 Å². The van der Waals surface area contributed by atoms with Gasteiger partial charge in [-0.25, -0.2) is 0 Å². The number of hydrogen-bond acceptors (Lipinski definition) is 3. The summed E-state index contributed by atoms with van der Waals surface area (Å²) in [4.78, 5) is 22.7. The fourth-order valence-corrected chi connectivity index (χ4v) is 1.32. The standard InChI is InChI=1S/C11H13NO2S/c1-2-9(13)10(15)11(14)12-8-6-4-3-5-7-8/h3-7,10,15H,2H2,1H3,(H,12,14). The molecule has 0 bridgehead atoms. The number of hydrogen-bond donors (Lipinski definition) is 2. The van der Waals surface area contributed by atoms with Crippen molar-refractivity contribution in [1.82, 2.24) is 0 Å². The number of nitrogens with one attached hydrogen (secondary N) is 1. The van der Waals surface area contributed by atoms with E-state index in [1.54, 1.807) is 19.1 Å². The number of para-hydroxylation sites is 1. The van der Waals surface area contributed by atoms with Gasteiger partial charge >= 0.3 is 0 Å².